The molecule has 7 nitrogen and oxygen atoms in total. The Morgan fingerprint density at radius 2 is 2.12 bits per heavy atom. The molecule has 1 aliphatic rings. The number of aliphatic hydroxyl groups excluding tert-OH is 1. The molecule has 7 heteroatoms. The molecule has 0 aliphatic carbocycles. The number of carbonyl (C=O) groups excluding carboxylic acids is 1. The molecule has 1 aromatic rings. The van der Waals surface area contributed by atoms with Gasteiger partial charge in [-0.3, -0.25) is 10.1 Å². The molecule has 1 amide bonds. The Hall–Kier alpha value is -2.15. The first kappa shape index (κ1) is 19.2. The molecule has 0 radical (unpaired) electrons. The van der Waals surface area contributed by atoms with Crippen molar-refractivity contribution in [3.05, 3.63) is 39.4 Å². The maximum absolute atomic E-state index is 12.3. The lowest BCUT2D eigenvalue weighted by Gasteiger charge is -2.37. The highest BCUT2D eigenvalue weighted by atomic mass is 16.6. The highest BCUT2D eigenvalue weighted by Crippen LogP contribution is 2.27. The van der Waals surface area contributed by atoms with Crippen molar-refractivity contribution in [2.24, 2.45) is 5.92 Å². The van der Waals surface area contributed by atoms with Crippen LogP contribution in [0.4, 0.5) is 10.5 Å². The van der Waals surface area contributed by atoms with Gasteiger partial charge in [-0.15, -0.1) is 0 Å². The molecule has 1 saturated heterocycles. The number of hydrogen-bond donors (Lipinski definition) is 1. The molecule has 1 fully saturated rings. The molecule has 138 valence electrons. The van der Waals surface area contributed by atoms with Gasteiger partial charge in [-0.1, -0.05) is 12.1 Å². The fourth-order valence-corrected chi connectivity index (χ4v) is 3.08. The maximum Gasteiger partial charge on any atom is 0.410 e. The van der Waals surface area contributed by atoms with Gasteiger partial charge in [0, 0.05) is 30.6 Å². The van der Waals surface area contributed by atoms with E-state index in [1.54, 1.807) is 17.9 Å². The Labute approximate surface area is 147 Å². The van der Waals surface area contributed by atoms with Crippen molar-refractivity contribution in [3.63, 3.8) is 0 Å². The number of carbonyl (C=O) groups is 1. The first-order valence-corrected chi connectivity index (χ1v) is 8.47. The lowest BCUT2D eigenvalue weighted by atomic mass is 9.87. The summed E-state index contributed by atoms with van der Waals surface area (Å²) in [7, 11) is 0. The third-order valence-corrected chi connectivity index (χ3v) is 4.44. The smallest absolute Gasteiger partial charge is 0.410 e. The first-order chi connectivity index (χ1) is 11.6. The minimum Gasteiger partial charge on any atom is -0.444 e. The lowest BCUT2D eigenvalue weighted by molar-refractivity contribution is -0.385. The molecule has 2 atom stereocenters. The molecule has 1 N–H and O–H groups in total. The third-order valence-electron chi connectivity index (χ3n) is 4.44. The average Bonchev–Trinajstić information content (AvgIpc) is 2.49. The van der Waals surface area contributed by atoms with Crippen molar-refractivity contribution in [1.82, 2.24) is 4.90 Å². The van der Waals surface area contributed by atoms with Gasteiger partial charge < -0.3 is 14.7 Å². The van der Waals surface area contributed by atoms with E-state index in [4.69, 9.17) is 4.74 Å². The van der Waals surface area contributed by atoms with Crippen LogP contribution in [0.25, 0.3) is 0 Å². The summed E-state index contributed by atoms with van der Waals surface area (Å²) >= 11 is 0. The first-order valence-electron chi connectivity index (χ1n) is 8.47. The molecule has 2 rings (SSSR count). The van der Waals surface area contributed by atoms with Crippen LogP contribution in [-0.2, 0) is 11.2 Å². The number of nitro groups is 1. The molecule has 1 aromatic carbocycles. The van der Waals surface area contributed by atoms with Crippen LogP contribution in [0.5, 0.6) is 0 Å². The number of ether oxygens (including phenoxy) is 1. The number of piperidine rings is 1. The summed E-state index contributed by atoms with van der Waals surface area (Å²) in [6.45, 7) is 7.97. The van der Waals surface area contributed by atoms with Crippen molar-refractivity contribution in [1.29, 1.82) is 0 Å². The number of benzene rings is 1. The van der Waals surface area contributed by atoms with E-state index in [1.165, 1.54) is 6.07 Å². The van der Waals surface area contributed by atoms with Crippen LogP contribution in [0.3, 0.4) is 0 Å². The van der Waals surface area contributed by atoms with E-state index >= 15 is 0 Å². The van der Waals surface area contributed by atoms with Gasteiger partial charge in [-0.25, -0.2) is 4.79 Å². The van der Waals surface area contributed by atoms with Gasteiger partial charge in [0.2, 0.25) is 0 Å². The van der Waals surface area contributed by atoms with Crippen molar-refractivity contribution in [2.45, 2.75) is 52.2 Å². The summed E-state index contributed by atoms with van der Waals surface area (Å²) < 4.78 is 5.40. The minimum atomic E-state index is -0.570. The van der Waals surface area contributed by atoms with Crippen LogP contribution in [-0.4, -0.2) is 45.8 Å². The number of rotatable bonds is 3. The van der Waals surface area contributed by atoms with Crippen LogP contribution in [0.2, 0.25) is 0 Å². The van der Waals surface area contributed by atoms with Crippen molar-refractivity contribution < 1.29 is 19.6 Å². The second-order valence-corrected chi connectivity index (χ2v) is 7.56. The Morgan fingerprint density at radius 3 is 2.72 bits per heavy atom. The summed E-state index contributed by atoms with van der Waals surface area (Å²) in [6, 6.07) is 4.96. The summed E-state index contributed by atoms with van der Waals surface area (Å²) in [6.07, 6.45) is 0.0174. The van der Waals surface area contributed by atoms with E-state index in [0.717, 1.165) is 5.56 Å². The second kappa shape index (κ2) is 7.39. The van der Waals surface area contributed by atoms with E-state index in [-0.39, 0.29) is 17.7 Å². The number of aliphatic hydroxyl groups is 1. The molecule has 25 heavy (non-hydrogen) atoms. The van der Waals surface area contributed by atoms with Crippen LogP contribution in [0.1, 0.15) is 38.3 Å². The molecule has 0 saturated carbocycles. The summed E-state index contributed by atoms with van der Waals surface area (Å²) in [5.74, 6) is -0.179. The van der Waals surface area contributed by atoms with Gasteiger partial charge in [0.05, 0.1) is 11.0 Å². The standard InChI is InChI=1S/C18H26N2O5/c1-12-13(6-5-7-15(12)20(23)24)10-14-11-19(9-8-16(14)21)17(22)25-18(2,3)4/h5-7,14,16,21H,8-11H2,1-4H3. The normalized spacial score (nSPS) is 21.1. The van der Waals surface area contributed by atoms with E-state index in [2.05, 4.69) is 0 Å². The molecular formula is C18H26N2O5. The Bertz CT molecular complexity index is 653. The fraction of sp³-hybridized carbons (Fsp3) is 0.611. The van der Waals surface area contributed by atoms with Crippen LogP contribution < -0.4 is 0 Å². The van der Waals surface area contributed by atoms with Crippen LogP contribution in [0.15, 0.2) is 18.2 Å². The van der Waals surface area contributed by atoms with E-state index in [0.29, 0.717) is 31.5 Å². The molecule has 0 aromatic heterocycles. The monoisotopic (exact) mass is 350 g/mol. The molecule has 1 aliphatic heterocycles. The molecule has 0 spiro atoms. The number of likely N-dealkylation sites (tertiary alicyclic amines) is 1. The molecular weight excluding hydrogens is 324 g/mol. The molecule has 0 bridgehead atoms. The minimum absolute atomic E-state index is 0.0757. The maximum atomic E-state index is 12.3. The van der Waals surface area contributed by atoms with Gasteiger partial charge in [0.15, 0.2) is 0 Å². The van der Waals surface area contributed by atoms with Gasteiger partial charge >= 0.3 is 6.09 Å². The molecule has 1 heterocycles. The zero-order chi connectivity index (χ0) is 18.8. The number of hydrogen-bond acceptors (Lipinski definition) is 5. The van der Waals surface area contributed by atoms with E-state index in [1.807, 2.05) is 26.8 Å². The quantitative estimate of drug-likeness (QED) is 0.668. The summed E-state index contributed by atoms with van der Waals surface area (Å²) in [4.78, 5) is 24.6. The highest BCUT2D eigenvalue weighted by Gasteiger charge is 2.33. The largest absolute Gasteiger partial charge is 0.444 e. The van der Waals surface area contributed by atoms with E-state index in [9.17, 15) is 20.0 Å². The van der Waals surface area contributed by atoms with Gasteiger partial charge in [-0.2, -0.15) is 0 Å². The molecule has 2 unspecified atom stereocenters. The van der Waals surface area contributed by atoms with Crippen molar-refractivity contribution >= 4 is 11.8 Å². The van der Waals surface area contributed by atoms with Crippen LogP contribution in [0, 0.1) is 23.0 Å². The number of nitrogens with zero attached hydrogens (tertiary/aromatic N) is 2. The average molecular weight is 350 g/mol. The summed E-state index contributed by atoms with van der Waals surface area (Å²) in [5.41, 5.74) is 0.935. The third kappa shape index (κ3) is 4.92. The van der Waals surface area contributed by atoms with E-state index < -0.39 is 16.6 Å². The predicted octanol–water partition coefficient (Wildman–Crippen LogP) is 3.06. The Balaban J connectivity index is 2.12. The number of nitro benzene ring substituents is 1. The van der Waals surface area contributed by atoms with Gasteiger partial charge in [-0.05, 0) is 46.1 Å². The topological polar surface area (TPSA) is 92.9 Å². The zero-order valence-corrected chi connectivity index (χ0v) is 15.2. The highest BCUT2D eigenvalue weighted by molar-refractivity contribution is 5.68. The van der Waals surface area contributed by atoms with Crippen LogP contribution >= 0.6 is 0 Å². The second-order valence-electron chi connectivity index (χ2n) is 7.56. The Morgan fingerprint density at radius 1 is 1.44 bits per heavy atom. The zero-order valence-electron chi connectivity index (χ0n) is 15.2. The fourth-order valence-electron chi connectivity index (χ4n) is 3.08. The SMILES string of the molecule is Cc1c(CC2CN(C(=O)OC(C)(C)C)CCC2O)cccc1[N+](=O)[O-]. The van der Waals surface area contributed by atoms with Crippen molar-refractivity contribution in [2.75, 3.05) is 13.1 Å². The summed E-state index contributed by atoms with van der Waals surface area (Å²) in [5, 5.41) is 21.4. The lowest BCUT2D eigenvalue weighted by Crippen LogP contribution is -2.48. The van der Waals surface area contributed by atoms with Gasteiger partial charge in [0.25, 0.3) is 5.69 Å². The predicted molar refractivity (Wildman–Crippen MR) is 93.5 cm³/mol. The number of amides is 1. The van der Waals surface area contributed by atoms with Gasteiger partial charge in [0.1, 0.15) is 5.60 Å². The Kier molecular flexibility index (Phi) is 5.67. The van der Waals surface area contributed by atoms with Crippen molar-refractivity contribution in [3.8, 4) is 0 Å².